The third-order valence-electron chi connectivity index (χ3n) is 8.13. The van der Waals surface area contributed by atoms with Crippen LogP contribution >= 0.6 is 0 Å². The van der Waals surface area contributed by atoms with Gasteiger partial charge >= 0.3 is 6.18 Å². The Labute approximate surface area is 268 Å². The van der Waals surface area contributed by atoms with Gasteiger partial charge in [-0.05, 0) is 54.3 Å². The number of carbonyl (C=O) groups is 2. The van der Waals surface area contributed by atoms with Gasteiger partial charge in [0.1, 0.15) is 12.4 Å². The first kappa shape index (κ1) is 31.9. The summed E-state index contributed by atoms with van der Waals surface area (Å²) in [5.41, 5.74) is 1.91. The van der Waals surface area contributed by atoms with Gasteiger partial charge in [-0.3, -0.25) is 19.3 Å². The zero-order valence-corrected chi connectivity index (χ0v) is 26.2. The van der Waals surface area contributed by atoms with Gasteiger partial charge in [-0.15, -0.1) is 0 Å². The molecule has 0 radical (unpaired) electrons. The quantitative estimate of drug-likeness (QED) is 0.133. The van der Waals surface area contributed by atoms with Crippen LogP contribution in [-0.4, -0.2) is 62.9 Å². The van der Waals surface area contributed by atoms with Crippen LogP contribution < -0.4 is 9.64 Å². The van der Waals surface area contributed by atoms with Crippen LogP contribution in [0.15, 0.2) is 61.4 Å². The molecule has 1 aliphatic heterocycles. The standard InChI is InChI=1S/C34H33F3N6O4/c1-4-21-14-24-28(7-8-39-30(24)25(15-21)29(44)6-5-12-46-3)43-11-13-47-31-23(27-19-41(2)40-32(27)34(35,36)37)16-22(17-26(31)33(43)45)18-42-10-9-38-20-42/h7-10,14-17,19-20H,4-6,11-13,18H2,1-3H3. The van der Waals surface area contributed by atoms with E-state index in [4.69, 9.17) is 9.47 Å². The number of imidazole rings is 1. The highest BCUT2D eigenvalue weighted by Gasteiger charge is 2.39. The maximum atomic E-state index is 14.5. The molecule has 0 aliphatic carbocycles. The lowest BCUT2D eigenvalue weighted by Gasteiger charge is -2.23. The van der Waals surface area contributed by atoms with E-state index in [1.54, 1.807) is 59.7 Å². The number of aromatic nitrogens is 5. The van der Waals surface area contributed by atoms with Crippen molar-refractivity contribution in [3.63, 3.8) is 0 Å². The number of hydrogen-bond donors (Lipinski definition) is 0. The number of anilines is 1. The fraction of sp³-hybridized carbons (Fsp3) is 0.324. The van der Waals surface area contributed by atoms with Crippen molar-refractivity contribution in [2.75, 3.05) is 31.8 Å². The summed E-state index contributed by atoms with van der Waals surface area (Å²) in [5.74, 6) is -0.480. The Bertz CT molecular complexity index is 1950. The number of nitrogens with zero attached hydrogens (tertiary/aromatic N) is 6. The molecule has 1 amide bonds. The Morgan fingerprint density at radius 1 is 1.09 bits per heavy atom. The summed E-state index contributed by atoms with van der Waals surface area (Å²) < 4.78 is 56.6. The van der Waals surface area contributed by atoms with Crippen LogP contribution in [-0.2, 0) is 30.9 Å². The summed E-state index contributed by atoms with van der Waals surface area (Å²) in [7, 11) is 3.00. The molecule has 0 bridgehead atoms. The summed E-state index contributed by atoms with van der Waals surface area (Å²) in [6.45, 7) is 2.80. The van der Waals surface area contributed by atoms with Gasteiger partial charge in [0.25, 0.3) is 5.91 Å². The molecule has 1 aliphatic rings. The zero-order valence-electron chi connectivity index (χ0n) is 26.2. The molecule has 47 heavy (non-hydrogen) atoms. The van der Waals surface area contributed by atoms with Gasteiger partial charge in [-0.2, -0.15) is 18.3 Å². The number of amides is 1. The van der Waals surface area contributed by atoms with E-state index in [1.807, 2.05) is 19.1 Å². The SMILES string of the molecule is CCc1cc(C(=O)CCCOC)c2nccc(N3CCOc4c(cc(Cn5ccnc5)cc4-c4cn(C)nc4C(F)(F)F)C3=O)c2c1. The number of alkyl halides is 3. The minimum Gasteiger partial charge on any atom is -0.490 e. The number of benzene rings is 2. The molecule has 6 rings (SSSR count). The average Bonchev–Trinajstić information content (AvgIpc) is 3.68. The Kier molecular flexibility index (Phi) is 8.82. The number of ketones is 1. The monoisotopic (exact) mass is 646 g/mol. The molecular weight excluding hydrogens is 613 g/mol. The Morgan fingerprint density at radius 2 is 1.89 bits per heavy atom. The molecular formula is C34H33F3N6O4. The molecule has 244 valence electrons. The number of Topliss-reactive ketones (excluding diaryl/α,β-unsaturated/α-hetero) is 1. The third kappa shape index (κ3) is 6.35. The summed E-state index contributed by atoms with van der Waals surface area (Å²) in [6.07, 6.45) is 4.49. The van der Waals surface area contributed by atoms with E-state index in [9.17, 15) is 22.8 Å². The van der Waals surface area contributed by atoms with Gasteiger partial charge in [-0.1, -0.05) is 6.92 Å². The number of pyridine rings is 1. The van der Waals surface area contributed by atoms with Crippen molar-refractivity contribution in [2.24, 2.45) is 7.05 Å². The predicted octanol–water partition coefficient (Wildman–Crippen LogP) is 6.11. The molecule has 0 fully saturated rings. The van der Waals surface area contributed by atoms with Crippen LogP contribution in [0.1, 0.15) is 57.3 Å². The van der Waals surface area contributed by atoms with E-state index in [2.05, 4.69) is 15.1 Å². The maximum absolute atomic E-state index is 14.5. The fourth-order valence-corrected chi connectivity index (χ4v) is 5.96. The van der Waals surface area contributed by atoms with E-state index >= 15 is 0 Å². The largest absolute Gasteiger partial charge is 0.490 e. The van der Waals surface area contributed by atoms with Crippen molar-refractivity contribution in [3.05, 3.63) is 89.4 Å². The van der Waals surface area contributed by atoms with E-state index in [0.29, 0.717) is 47.2 Å². The fourth-order valence-electron chi connectivity index (χ4n) is 5.96. The number of methoxy groups -OCH3 is 1. The average molecular weight is 647 g/mol. The lowest BCUT2D eigenvalue weighted by Crippen LogP contribution is -2.32. The minimum absolute atomic E-state index is 0.00824. The van der Waals surface area contributed by atoms with Gasteiger partial charge in [0.15, 0.2) is 11.5 Å². The second-order valence-electron chi connectivity index (χ2n) is 11.4. The van der Waals surface area contributed by atoms with Crippen molar-refractivity contribution in [1.82, 2.24) is 24.3 Å². The van der Waals surface area contributed by atoms with Crippen LogP contribution in [0, 0.1) is 0 Å². The highest BCUT2D eigenvalue weighted by atomic mass is 19.4. The number of fused-ring (bicyclic) bond motifs is 2. The number of aryl methyl sites for hydroxylation is 2. The molecule has 10 nitrogen and oxygen atoms in total. The van der Waals surface area contributed by atoms with E-state index in [0.717, 1.165) is 10.2 Å². The topological polar surface area (TPSA) is 104 Å². The molecule has 4 heterocycles. The molecule has 0 saturated heterocycles. The second kappa shape index (κ2) is 13.0. The molecule has 0 N–H and O–H groups in total. The minimum atomic E-state index is -4.74. The highest BCUT2D eigenvalue weighted by molar-refractivity contribution is 6.15. The Hall–Kier alpha value is -5.04. The lowest BCUT2D eigenvalue weighted by molar-refractivity contribution is -0.141. The molecule has 5 aromatic rings. The lowest BCUT2D eigenvalue weighted by atomic mass is 9.96. The van der Waals surface area contributed by atoms with Crippen molar-refractivity contribution in [3.8, 4) is 16.9 Å². The van der Waals surface area contributed by atoms with Crippen LogP contribution in [0.5, 0.6) is 5.75 Å². The van der Waals surface area contributed by atoms with Gasteiger partial charge in [0.2, 0.25) is 0 Å². The smallest absolute Gasteiger partial charge is 0.435 e. The molecule has 3 aromatic heterocycles. The first-order valence-electron chi connectivity index (χ1n) is 15.2. The van der Waals surface area contributed by atoms with Gasteiger partial charge in [0.05, 0.1) is 29.6 Å². The zero-order chi connectivity index (χ0) is 33.3. The molecule has 0 atom stereocenters. The first-order chi connectivity index (χ1) is 22.6. The molecule has 0 unspecified atom stereocenters. The molecule has 13 heteroatoms. The summed E-state index contributed by atoms with van der Waals surface area (Å²) in [5, 5.41) is 4.32. The van der Waals surface area contributed by atoms with Gasteiger partial charge in [-0.25, -0.2) is 4.98 Å². The summed E-state index contributed by atoms with van der Waals surface area (Å²) in [6, 6.07) is 8.73. The molecule has 0 spiro atoms. The van der Waals surface area contributed by atoms with Gasteiger partial charge < -0.3 is 18.9 Å². The summed E-state index contributed by atoms with van der Waals surface area (Å²) >= 11 is 0. The van der Waals surface area contributed by atoms with Crippen molar-refractivity contribution in [2.45, 2.75) is 38.9 Å². The highest BCUT2D eigenvalue weighted by Crippen LogP contribution is 2.43. The number of ether oxygens (including phenoxy) is 2. The van der Waals surface area contributed by atoms with Crippen molar-refractivity contribution < 1.29 is 32.2 Å². The summed E-state index contributed by atoms with van der Waals surface area (Å²) in [4.78, 5) is 38.0. The van der Waals surface area contributed by atoms with E-state index in [-0.39, 0.29) is 54.3 Å². The number of halogens is 3. The van der Waals surface area contributed by atoms with Crippen LogP contribution in [0.25, 0.3) is 22.0 Å². The number of hydrogen-bond acceptors (Lipinski definition) is 7. The maximum Gasteiger partial charge on any atom is 0.435 e. The van der Waals surface area contributed by atoms with Crippen LogP contribution in [0.4, 0.5) is 18.9 Å². The molecule has 2 aromatic carbocycles. The first-order valence-corrected chi connectivity index (χ1v) is 15.2. The molecule has 0 saturated carbocycles. The predicted molar refractivity (Wildman–Crippen MR) is 169 cm³/mol. The van der Waals surface area contributed by atoms with E-state index < -0.39 is 17.8 Å². The van der Waals surface area contributed by atoms with Gasteiger partial charge in [0, 0.05) is 80.6 Å². The third-order valence-corrected chi connectivity index (χ3v) is 8.13. The number of rotatable bonds is 10. The van der Waals surface area contributed by atoms with Crippen LogP contribution in [0.3, 0.4) is 0 Å². The number of carbonyl (C=O) groups excluding carboxylic acids is 2. The van der Waals surface area contributed by atoms with Crippen molar-refractivity contribution >= 4 is 28.3 Å². The second-order valence-corrected chi connectivity index (χ2v) is 11.4. The van der Waals surface area contributed by atoms with E-state index in [1.165, 1.54) is 13.2 Å². The normalized spacial score (nSPS) is 13.5. The van der Waals surface area contributed by atoms with Crippen LogP contribution in [0.2, 0.25) is 0 Å². The van der Waals surface area contributed by atoms with Crippen molar-refractivity contribution in [1.29, 1.82) is 0 Å². The Balaban J connectivity index is 1.50. The Morgan fingerprint density at radius 3 is 2.62 bits per heavy atom.